The Bertz CT molecular complexity index is 1390. The predicted molar refractivity (Wildman–Crippen MR) is 137 cm³/mol. The summed E-state index contributed by atoms with van der Waals surface area (Å²) in [4.78, 5) is 36.0. The van der Waals surface area contributed by atoms with Crippen LogP contribution in [-0.4, -0.2) is 23.8 Å². The standard InChI is InChI=1S/C26H27N5O5/c1-14(2)13-26(28,25(27)33)17-6-8-19-21(12-17)30-24(32)18-7-4-15(10-20(18)29-19)16-5-9-22(31(34)35)23(11-16)36-3/h4-12,14,29H,13,28H2,1-3H3,(H2,27,33)(H,30,32)/t26-/m0/s1. The second-order valence-corrected chi connectivity index (χ2v) is 9.18. The summed E-state index contributed by atoms with van der Waals surface area (Å²) >= 11 is 0. The van der Waals surface area contributed by atoms with Gasteiger partial charge in [-0.2, -0.15) is 0 Å². The van der Waals surface area contributed by atoms with Crippen LogP contribution in [0.2, 0.25) is 0 Å². The monoisotopic (exact) mass is 489 g/mol. The van der Waals surface area contributed by atoms with Gasteiger partial charge in [-0.15, -0.1) is 0 Å². The molecule has 3 aromatic rings. The van der Waals surface area contributed by atoms with Crippen LogP contribution in [0.3, 0.4) is 0 Å². The van der Waals surface area contributed by atoms with E-state index in [0.717, 1.165) is 5.56 Å². The average molecular weight is 490 g/mol. The van der Waals surface area contributed by atoms with Crippen molar-refractivity contribution in [2.24, 2.45) is 17.4 Å². The first-order chi connectivity index (χ1) is 17.0. The molecule has 0 unspecified atom stereocenters. The summed E-state index contributed by atoms with van der Waals surface area (Å²) in [6, 6.07) is 14.9. The van der Waals surface area contributed by atoms with E-state index in [0.29, 0.717) is 40.2 Å². The highest BCUT2D eigenvalue weighted by Crippen LogP contribution is 2.39. The van der Waals surface area contributed by atoms with Crippen LogP contribution in [0.1, 0.15) is 36.2 Å². The number of carbonyl (C=O) groups excluding carboxylic acids is 2. The highest BCUT2D eigenvalue weighted by molar-refractivity contribution is 6.12. The van der Waals surface area contributed by atoms with Gasteiger partial charge >= 0.3 is 5.69 Å². The van der Waals surface area contributed by atoms with E-state index < -0.39 is 16.4 Å². The molecule has 4 rings (SSSR count). The molecule has 0 radical (unpaired) electrons. The first-order valence-corrected chi connectivity index (χ1v) is 11.3. The molecule has 0 aliphatic carbocycles. The van der Waals surface area contributed by atoms with E-state index in [-0.39, 0.29) is 23.3 Å². The van der Waals surface area contributed by atoms with E-state index in [4.69, 9.17) is 16.2 Å². The molecule has 10 heteroatoms. The van der Waals surface area contributed by atoms with Crippen LogP contribution in [-0.2, 0) is 10.3 Å². The molecule has 6 N–H and O–H groups in total. The Morgan fingerprint density at radius 3 is 2.36 bits per heavy atom. The van der Waals surface area contributed by atoms with Crippen LogP contribution < -0.4 is 26.8 Å². The number of rotatable bonds is 7. The number of carbonyl (C=O) groups is 2. The van der Waals surface area contributed by atoms with Crippen LogP contribution in [0.5, 0.6) is 5.75 Å². The Morgan fingerprint density at radius 1 is 1.03 bits per heavy atom. The zero-order valence-electron chi connectivity index (χ0n) is 20.1. The van der Waals surface area contributed by atoms with Crippen LogP contribution >= 0.6 is 0 Å². The van der Waals surface area contributed by atoms with Crippen LogP contribution in [0.25, 0.3) is 11.1 Å². The number of nitro groups is 1. The third kappa shape index (κ3) is 4.46. The minimum absolute atomic E-state index is 0.120. The molecule has 36 heavy (non-hydrogen) atoms. The lowest BCUT2D eigenvalue weighted by atomic mass is 9.82. The summed E-state index contributed by atoms with van der Waals surface area (Å²) in [6.07, 6.45) is 0.352. The molecule has 3 aromatic carbocycles. The van der Waals surface area contributed by atoms with Gasteiger partial charge in [-0.25, -0.2) is 0 Å². The van der Waals surface area contributed by atoms with Crippen molar-refractivity contribution >= 4 is 34.6 Å². The number of amides is 2. The molecule has 0 bridgehead atoms. The van der Waals surface area contributed by atoms with Gasteiger partial charge in [0.1, 0.15) is 5.54 Å². The number of nitrogens with one attached hydrogen (secondary N) is 2. The Kier molecular flexibility index (Phi) is 6.38. The molecular formula is C26H27N5O5. The summed E-state index contributed by atoms with van der Waals surface area (Å²) < 4.78 is 5.18. The molecule has 1 aliphatic rings. The fraction of sp³-hybridized carbons (Fsp3) is 0.231. The Morgan fingerprint density at radius 2 is 1.72 bits per heavy atom. The molecule has 10 nitrogen and oxygen atoms in total. The van der Waals surface area contributed by atoms with Crippen LogP contribution in [0.15, 0.2) is 54.6 Å². The number of ether oxygens (including phenoxy) is 1. The summed E-state index contributed by atoms with van der Waals surface area (Å²) in [5.74, 6) is -0.728. The smallest absolute Gasteiger partial charge is 0.310 e. The van der Waals surface area contributed by atoms with Gasteiger partial charge in [0, 0.05) is 6.07 Å². The fourth-order valence-corrected chi connectivity index (χ4v) is 4.41. The van der Waals surface area contributed by atoms with Crippen molar-refractivity contribution in [3.8, 4) is 16.9 Å². The SMILES string of the molecule is COc1cc(-c2ccc3c(c2)Nc2ccc([C@@](N)(CC(C)C)C(N)=O)cc2NC3=O)ccc1[N+](=O)[O-]. The molecular weight excluding hydrogens is 462 g/mol. The largest absolute Gasteiger partial charge is 0.490 e. The maximum absolute atomic E-state index is 13.0. The van der Waals surface area contributed by atoms with E-state index in [9.17, 15) is 19.7 Å². The molecule has 0 aromatic heterocycles. The number of nitrogens with zero attached hydrogens (tertiary/aromatic N) is 1. The summed E-state index contributed by atoms with van der Waals surface area (Å²) in [5.41, 5.74) is 14.5. The molecule has 1 heterocycles. The second-order valence-electron chi connectivity index (χ2n) is 9.18. The molecule has 0 fully saturated rings. The maximum Gasteiger partial charge on any atom is 0.310 e. The van der Waals surface area contributed by atoms with Crippen molar-refractivity contribution in [2.45, 2.75) is 25.8 Å². The lowest BCUT2D eigenvalue weighted by Gasteiger charge is -2.29. The number of methoxy groups -OCH3 is 1. The molecule has 0 spiro atoms. The van der Waals surface area contributed by atoms with E-state index in [1.54, 1.807) is 48.5 Å². The van der Waals surface area contributed by atoms with Gasteiger partial charge in [0.05, 0.1) is 34.7 Å². The summed E-state index contributed by atoms with van der Waals surface area (Å²) in [7, 11) is 1.37. The number of hydrogen-bond acceptors (Lipinski definition) is 7. The second kappa shape index (κ2) is 9.31. The summed E-state index contributed by atoms with van der Waals surface area (Å²) in [5, 5.41) is 17.4. The van der Waals surface area contributed by atoms with Crippen molar-refractivity contribution in [1.29, 1.82) is 0 Å². The third-order valence-corrected chi connectivity index (χ3v) is 6.20. The van der Waals surface area contributed by atoms with Crippen molar-refractivity contribution in [3.63, 3.8) is 0 Å². The Balaban J connectivity index is 1.73. The topological polar surface area (TPSA) is 163 Å². The van der Waals surface area contributed by atoms with Gasteiger partial charge in [0.2, 0.25) is 5.91 Å². The van der Waals surface area contributed by atoms with Gasteiger partial charge in [-0.05, 0) is 65.4 Å². The highest BCUT2D eigenvalue weighted by atomic mass is 16.6. The number of hydrogen-bond donors (Lipinski definition) is 4. The van der Waals surface area contributed by atoms with Gasteiger partial charge in [-0.1, -0.05) is 26.0 Å². The fourth-order valence-electron chi connectivity index (χ4n) is 4.41. The normalized spacial score (nSPS) is 14.0. The number of nitro benzene ring substituents is 1. The van der Waals surface area contributed by atoms with Crippen molar-refractivity contribution in [2.75, 3.05) is 17.7 Å². The van der Waals surface area contributed by atoms with Gasteiger partial charge in [0.25, 0.3) is 5.91 Å². The number of primary amides is 1. The lowest BCUT2D eigenvalue weighted by molar-refractivity contribution is -0.385. The first-order valence-electron chi connectivity index (χ1n) is 11.3. The average Bonchev–Trinajstić information content (AvgIpc) is 2.97. The highest BCUT2D eigenvalue weighted by Gasteiger charge is 2.35. The number of anilines is 3. The minimum Gasteiger partial charge on any atom is -0.490 e. The maximum atomic E-state index is 13.0. The van der Waals surface area contributed by atoms with E-state index in [2.05, 4.69) is 10.6 Å². The van der Waals surface area contributed by atoms with Crippen molar-refractivity contribution < 1.29 is 19.2 Å². The van der Waals surface area contributed by atoms with E-state index >= 15 is 0 Å². The van der Waals surface area contributed by atoms with Gasteiger partial charge in [-0.3, -0.25) is 19.7 Å². The summed E-state index contributed by atoms with van der Waals surface area (Å²) in [6.45, 7) is 3.90. The van der Waals surface area contributed by atoms with Gasteiger partial charge < -0.3 is 26.8 Å². The van der Waals surface area contributed by atoms with Gasteiger partial charge in [0.15, 0.2) is 5.75 Å². The van der Waals surface area contributed by atoms with Crippen LogP contribution in [0.4, 0.5) is 22.7 Å². The van der Waals surface area contributed by atoms with Crippen LogP contribution in [0, 0.1) is 16.0 Å². The third-order valence-electron chi connectivity index (χ3n) is 6.20. The molecule has 2 amide bonds. The Labute approximate surface area is 207 Å². The quantitative estimate of drug-likeness (QED) is 0.284. The molecule has 0 saturated carbocycles. The number of nitrogens with two attached hydrogens (primary N) is 2. The number of benzene rings is 3. The molecule has 186 valence electrons. The molecule has 1 atom stereocenters. The zero-order valence-corrected chi connectivity index (χ0v) is 20.1. The molecule has 1 aliphatic heterocycles. The lowest BCUT2D eigenvalue weighted by Crippen LogP contribution is -2.50. The first kappa shape index (κ1) is 24.7. The predicted octanol–water partition coefficient (Wildman–Crippen LogP) is 4.27. The number of fused-ring (bicyclic) bond motifs is 2. The Hall–Kier alpha value is -4.44. The van der Waals surface area contributed by atoms with Crippen molar-refractivity contribution in [3.05, 3.63) is 75.8 Å². The molecule has 0 saturated heterocycles. The van der Waals surface area contributed by atoms with E-state index in [1.807, 2.05) is 13.8 Å². The van der Waals surface area contributed by atoms with Crippen molar-refractivity contribution in [1.82, 2.24) is 0 Å². The zero-order chi connectivity index (χ0) is 26.2. The minimum atomic E-state index is -1.38. The van der Waals surface area contributed by atoms with E-state index in [1.165, 1.54) is 13.2 Å².